The first-order valence-corrected chi connectivity index (χ1v) is 8.54. The van der Waals surface area contributed by atoms with Gasteiger partial charge in [0.2, 0.25) is 9.93 Å². The van der Waals surface area contributed by atoms with E-state index >= 15 is 0 Å². The van der Waals surface area contributed by atoms with Crippen molar-refractivity contribution in [1.29, 1.82) is 5.26 Å². The number of hydrogen-bond donors (Lipinski definition) is 1. The highest BCUT2D eigenvalue weighted by molar-refractivity contribution is 7.98. The fourth-order valence-electron chi connectivity index (χ4n) is 1.96. The van der Waals surface area contributed by atoms with Gasteiger partial charge in [0, 0.05) is 5.75 Å². The van der Waals surface area contributed by atoms with E-state index in [1.807, 2.05) is 30.3 Å². The smallest absolute Gasteiger partial charge is 0.217 e. The molecule has 1 N–H and O–H groups in total. The second kappa shape index (κ2) is 7.73. The highest BCUT2D eigenvalue weighted by Gasteiger charge is 2.06. The first kappa shape index (κ1) is 16.2. The molecule has 0 radical (unpaired) electrons. The van der Waals surface area contributed by atoms with Crippen molar-refractivity contribution in [1.82, 2.24) is 14.9 Å². The molecule has 0 bridgehead atoms. The lowest BCUT2D eigenvalue weighted by molar-refractivity contribution is 0.759. The molecule has 118 valence electrons. The van der Waals surface area contributed by atoms with Crippen molar-refractivity contribution in [2.24, 2.45) is 5.10 Å². The van der Waals surface area contributed by atoms with Crippen LogP contribution in [-0.4, -0.2) is 21.1 Å². The zero-order chi connectivity index (χ0) is 16.8. The van der Waals surface area contributed by atoms with Gasteiger partial charge < -0.3 is 0 Å². The number of H-pyrrole nitrogens is 1. The maximum absolute atomic E-state index is 8.82. The van der Waals surface area contributed by atoms with E-state index in [4.69, 9.17) is 17.5 Å². The number of aromatic amines is 1. The molecule has 0 aliphatic carbocycles. The van der Waals surface area contributed by atoms with E-state index in [1.165, 1.54) is 5.56 Å². The molecule has 2 aromatic carbocycles. The van der Waals surface area contributed by atoms with Gasteiger partial charge in [-0.25, -0.2) is 5.10 Å². The monoisotopic (exact) mass is 351 g/mol. The molecule has 0 aliphatic heterocycles. The van der Waals surface area contributed by atoms with Crippen molar-refractivity contribution in [3.63, 3.8) is 0 Å². The minimum absolute atomic E-state index is 0.440. The van der Waals surface area contributed by atoms with Crippen LogP contribution in [0, 0.1) is 16.1 Å². The third-order valence-electron chi connectivity index (χ3n) is 3.19. The second-order valence-electron chi connectivity index (χ2n) is 4.88. The van der Waals surface area contributed by atoms with E-state index in [9.17, 15) is 0 Å². The summed E-state index contributed by atoms with van der Waals surface area (Å²) < 4.78 is 2.04. The maximum atomic E-state index is 8.82. The third-order valence-corrected chi connectivity index (χ3v) is 4.46. The van der Waals surface area contributed by atoms with Crippen LogP contribution in [0.3, 0.4) is 0 Å². The van der Waals surface area contributed by atoms with Crippen LogP contribution in [0.1, 0.15) is 16.7 Å². The Kier molecular flexibility index (Phi) is 5.21. The third kappa shape index (κ3) is 3.98. The van der Waals surface area contributed by atoms with Crippen molar-refractivity contribution in [3.05, 3.63) is 76.1 Å². The van der Waals surface area contributed by atoms with Gasteiger partial charge >= 0.3 is 0 Å². The molecule has 24 heavy (non-hydrogen) atoms. The lowest BCUT2D eigenvalue weighted by Gasteiger charge is -2.01. The zero-order valence-electron chi connectivity index (χ0n) is 12.6. The maximum Gasteiger partial charge on any atom is 0.217 e. The number of nitriles is 1. The number of aromatic nitrogens is 3. The molecule has 0 spiro atoms. The van der Waals surface area contributed by atoms with Crippen LogP contribution in [0.2, 0.25) is 0 Å². The molecule has 0 saturated carbocycles. The number of nitrogens with zero attached hydrogens (tertiary/aromatic N) is 4. The average molecular weight is 351 g/mol. The lowest BCUT2D eigenvalue weighted by atomic mass is 10.2. The summed E-state index contributed by atoms with van der Waals surface area (Å²) >= 11 is 6.79. The van der Waals surface area contributed by atoms with Crippen molar-refractivity contribution >= 4 is 30.2 Å². The summed E-state index contributed by atoms with van der Waals surface area (Å²) in [4.78, 5) is 0. The Labute approximate surface area is 148 Å². The highest BCUT2D eigenvalue weighted by Crippen LogP contribution is 2.20. The molecule has 5 nitrogen and oxygen atoms in total. The molecule has 7 heteroatoms. The average Bonchev–Trinajstić information content (AvgIpc) is 2.99. The molecule has 1 heterocycles. The molecule has 0 atom stereocenters. The van der Waals surface area contributed by atoms with Gasteiger partial charge in [-0.05, 0) is 35.5 Å². The topological polar surface area (TPSA) is 69.8 Å². The normalized spacial score (nSPS) is 10.8. The van der Waals surface area contributed by atoms with E-state index in [0.717, 1.165) is 11.3 Å². The number of benzene rings is 2. The highest BCUT2D eigenvalue weighted by atomic mass is 32.2. The van der Waals surface area contributed by atoms with Crippen LogP contribution in [-0.2, 0) is 5.75 Å². The fourth-order valence-corrected chi connectivity index (χ4v) is 3.06. The Morgan fingerprint density at radius 1 is 1.21 bits per heavy atom. The Balaban J connectivity index is 1.75. The summed E-state index contributed by atoms with van der Waals surface area (Å²) in [5, 5.41) is 20.9. The van der Waals surface area contributed by atoms with Crippen LogP contribution >= 0.6 is 24.0 Å². The second-order valence-corrected chi connectivity index (χ2v) is 6.20. The first-order valence-electron chi connectivity index (χ1n) is 7.15. The van der Waals surface area contributed by atoms with Gasteiger partial charge in [-0.2, -0.15) is 15.0 Å². The van der Waals surface area contributed by atoms with Crippen LogP contribution < -0.4 is 0 Å². The molecule has 0 aliphatic rings. The molecule has 0 unspecified atom stereocenters. The van der Waals surface area contributed by atoms with Crippen LogP contribution in [0.5, 0.6) is 0 Å². The molecule has 3 aromatic rings. The standard InChI is InChI=1S/C17H13N5S2/c18-10-13-6-8-14(9-7-13)11-19-22-16(23)20-21-17(22)24-12-15-4-2-1-3-5-15/h1-9,11H,12H2,(H,20,23)/b19-11-. The summed E-state index contributed by atoms with van der Waals surface area (Å²) in [6.07, 6.45) is 1.69. The van der Waals surface area contributed by atoms with Gasteiger partial charge in [-0.15, -0.1) is 5.10 Å². The number of hydrogen-bond acceptors (Lipinski definition) is 5. The van der Waals surface area contributed by atoms with Crippen molar-refractivity contribution in [2.45, 2.75) is 10.9 Å². The molecule has 0 saturated heterocycles. The minimum Gasteiger partial charge on any atom is -0.249 e. The SMILES string of the molecule is N#Cc1ccc(/C=N\n2c(SCc3ccccc3)n[nH]c2=S)cc1. The predicted molar refractivity (Wildman–Crippen MR) is 97.6 cm³/mol. The summed E-state index contributed by atoms with van der Waals surface area (Å²) in [5.74, 6) is 0.785. The first-order chi connectivity index (χ1) is 11.8. The van der Waals surface area contributed by atoms with Crippen LogP contribution in [0.25, 0.3) is 0 Å². The minimum atomic E-state index is 0.440. The molecular formula is C17H13N5S2. The van der Waals surface area contributed by atoms with Gasteiger partial charge in [0.25, 0.3) is 0 Å². The van der Waals surface area contributed by atoms with Gasteiger partial charge in [0.1, 0.15) is 0 Å². The van der Waals surface area contributed by atoms with Crippen molar-refractivity contribution in [2.75, 3.05) is 0 Å². The predicted octanol–water partition coefficient (Wildman–Crippen LogP) is 3.99. The Morgan fingerprint density at radius 2 is 1.96 bits per heavy atom. The van der Waals surface area contributed by atoms with E-state index in [2.05, 4.69) is 33.5 Å². The largest absolute Gasteiger partial charge is 0.249 e. The van der Waals surface area contributed by atoms with Gasteiger partial charge in [0.05, 0.1) is 17.8 Å². The van der Waals surface area contributed by atoms with Crippen LogP contribution in [0.4, 0.5) is 0 Å². The molecule has 0 amide bonds. The summed E-state index contributed by atoms with van der Waals surface area (Å²) in [5.41, 5.74) is 2.71. The molecule has 3 rings (SSSR count). The van der Waals surface area contributed by atoms with Gasteiger partial charge in [-0.3, -0.25) is 0 Å². The summed E-state index contributed by atoms with van der Waals surface area (Å²) in [6.45, 7) is 0. The zero-order valence-corrected chi connectivity index (χ0v) is 14.2. The molecule has 0 fully saturated rings. The van der Waals surface area contributed by atoms with Crippen molar-refractivity contribution in [3.8, 4) is 6.07 Å². The van der Waals surface area contributed by atoms with Gasteiger partial charge in [-0.1, -0.05) is 54.2 Å². The van der Waals surface area contributed by atoms with E-state index in [1.54, 1.807) is 34.8 Å². The van der Waals surface area contributed by atoms with E-state index in [0.29, 0.717) is 15.5 Å². The summed E-state index contributed by atoms with van der Waals surface area (Å²) in [7, 11) is 0. The van der Waals surface area contributed by atoms with E-state index < -0.39 is 0 Å². The number of rotatable bonds is 5. The van der Waals surface area contributed by atoms with Crippen molar-refractivity contribution < 1.29 is 0 Å². The van der Waals surface area contributed by atoms with Gasteiger partial charge in [0.15, 0.2) is 0 Å². The Morgan fingerprint density at radius 3 is 2.67 bits per heavy atom. The Bertz CT molecular complexity index is 934. The number of nitrogens with one attached hydrogen (secondary N) is 1. The summed E-state index contributed by atoms with van der Waals surface area (Å²) in [6, 6.07) is 19.4. The van der Waals surface area contributed by atoms with Crippen LogP contribution in [0.15, 0.2) is 64.9 Å². The fraction of sp³-hybridized carbons (Fsp3) is 0.0588. The Hall–Kier alpha value is -2.69. The molecular weight excluding hydrogens is 338 g/mol. The quantitative estimate of drug-likeness (QED) is 0.429. The lowest BCUT2D eigenvalue weighted by Crippen LogP contribution is -1.94. The molecule has 1 aromatic heterocycles. The number of thioether (sulfide) groups is 1. The van der Waals surface area contributed by atoms with E-state index in [-0.39, 0.29) is 0 Å².